The summed E-state index contributed by atoms with van der Waals surface area (Å²) in [5.74, 6) is -0.858. The Morgan fingerprint density at radius 3 is 1.60 bits per heavy atom. The van der Waals surface area contributed by atoms with E-state index >= 15 is 0 Å². The van der Waals surface area contributed by atoms with Gasteiger partial charge in [-0.05, 0) is 49.2 Å². The van der Waals surface area contributed by atoms with Gasteiger partial charge in [0.05, 0.1) is 0 Å². The fourth-order valence-electron chi connectivity index (χ4n) is 4.26. The van der Waals surface area contributed by atoms with Crippen molar-refractivity contribution in [3.05, 3.63) is 11.3 Å². The predicted octanol–water partition coefficient (Wildman–Crippen LogP) is 6.06. The molecule has 0 aliphatic rings. The van der Waals surface area contributed by atoms with Crippen LogP contribution in [0.4, 0.5) is 0 Å². The molecule has 0 saturated heterocycles. The first-order chi connectivity index (χ1) is 11.1. The minimum Gasteiger partial charge on any atom is -0.478 e. The normalized spacial score (nSPS) is 14.7. The second-order valence-corrected chi connectivity index (χ2v) is 21.9. The van der Waals surface area contributed by atoms with Gasteiger partial charge in [-0.15, -0.1) is 0 Å². The third-order valence-electron chi connectivity index (χ3n) is 4.92. The van der Waals surface area contributed by atoms with Crippen molar-refractivity contribution in [2.45, 2.75) is 97.7 Å². The Kier molecular flexibility index (Phi) is 9.04. The Labute approximate surface area is 158 Å². The largest absolute Gasteiger partial charge is 0.478 e. The van der Waals surface area contributed by atoms with Crippen molar-refractivity contribution < 1.29 is 18.1 Å². The topological polar surface area (TPSA) is 55.8 Å². The summed E-state index contributed by atoms with van der Waals surface area (Å²) in [6.07, 6.45) is 2.50. The second-order valence-electron chi connectivity index (χ2n) is 8.76. The molecule has 0 bridgehead atoms. The van der Waals surface area contributed by atoms with Gasteiger partial charge in [0.15, 0.2) is 8.32 Å². The zero-order chi connectivity index (χ0) is 20.2. The Hall–Kier alpha value is -0.219. The molecule has 0 fully saturated rings. The first-order valence-electron chi connectivity index (χ1n) is 9.48. The maximum Gasteiger partial charge on any atom is 0.329 e. The van der Waals surface area contributed by atoms with Gasteiger partial charge < -0.3 is 13.3 Å². The summed E-state index contributed by atoms with van der Waals surface area (Å²) in [4.78, 5) is 11.7. The Balaban J connectivity index is 5.76. The summed E-state index contributed by atoms with van der Waals surface area (Å²) in [6.45, 7) is 23.7. The molecule has 0 heterocycles. The molecule has 0 rings (SSSR count). The van der Waals surface area contributed by atoms with Gasteiger partial charge in [0.1, 0.15) is 0 Å². The average Bonchev–Trinajstić information content (AvgIpc) is 2.39. The maximum absolute atomic E-state index is 11.7. The maximum atomic E-state index is 11.7. The van der Waals surface area contributed by atoms with Crippen LogP contribution in [0.15, 0.2) is 11.3 Å². The number of hydrogen-bond donors (Lipinski definition) is 1. The molecule has 0 amide bonds. The predicted molar refractivity (Wildman–Crippen MR) is 114 cm³/mol. The Morgan fingerprint density at radius 1 is 0.920 bits per heavy atom. The molecule has 0 atom stereocenters. The first kappa shape index (κ1) is 24.8. The summed E-state index contributed by atoms with van der Waals surface area (Å²) in [6, 6.07) is 0. The van der Waals surface area contributed by atoms with E-state index in [9.17, 15) is 9.90 Å². The third kappa shape index (κ3) is 6.16. The van der Waals surface area contributed by atoms with Gasteiger partial charge in [-0.2, -0.15) is 0 Å². The van der Waals surface area contributed by atoms with Crippen LogP contribution in [0.1, 0.15) is 54.9 Å². The average molecular weight is 405 g/mol. The molecule has 0 aromatic heterocycles. The smallest absolute Gasteiger partial charge is 0.329 e. The minimum absolute atomic E-state index is 0.449. The molecule has 0 aliphatic heterocycles. The molecule has 0 saturated carbocycles. The van der Waals surface area contributed by atoms with Crippen LogP contribution in [0.3, 0.4) is 0 Å². The van der Waals surface area contributed by atoms with E-state index in [1.807, 2.05) is 20.0 Å². The Morgan fingerprint density at radius 2 is 1.32 bits per heavy atom. The molecule has 1 N–H and O–H groups in total. The van der Waals surface area contributed by atoms with Gasteiger partial charge in [-0.3, -0.25) is 0 Å². The zero-order valence-corrected chi connectivity index (χ0v) is 21.2. The standard InChI is InChI=1S/C18H40O4Si3/c1-12-13-17(18(19)20)23(8,9)21-24(10,11)22-25(14(2)3,15(4)5)16(6)7/h13-16H,12H2,1-11H3,(H,19,20)/b17-13+. The van der Waals surface area contributed by atoms with Crippen molar-refractivity contribution in [1.29, 1.82) is 0 Å². The van der Waals surface area contributed by atoms with Gasteiger partial charge in [0.2, 0.25) is 8.32 Å². The van der Waals surface area contributed by atoms with Crippen LogP contribution >= 0.6 is 0 Å². The molecule has 148 valence electrons. The molecule has 0 spiro atoms. The fourth-order valence-corrected chi connectivity index (χ4v) is 21.6. The Bertz CT molecular complexity index is 461. The molecular formula is C18H40O4Si3. The molecule has 0 radical (unpaired) electrons. The molecule has 0 unspecified atom stereocenters. The summed E-state index contributed by atoms with van der Waals surface area (Å²) in [7, 11) is -7.07. The highest BCUT2D eigenvalue weighted by molar-refractivity contribution is 6.93. The summed E-state index contributed by atoms with van der Waals surface area (Å²) in [5, 5.41) is 10.1. The third-order valence-corrected chi connectivity index (χ3v) is 19.4. The van der Waals surface area contributed by atoms with E-state index in [0.717, 1.165) is 0 Å². The number of carboxylic acids is 1. The van der Waals surface area contributed by atoms with Crippen LogP contribution in [-0.2, 0) is 13.0 Å². The van der Waals surface area contributed by atoms with E-state index in [1.54, 1.807) is 6.08 Å². The fraction of sp³-hybridized carbons (Fsp3) is 0.833. The number of carboxylic acid groups (broad SMARTS) is 1. The molecular weight excluding hydrogens is 364 g/mol. The van der Waals surface area contributed by atoms with Crippen molar-refractivity contribution in [3.63, 3.8) is 0 Å². The molecule has 25 heavy (non-hydrogen) atoms. The second kappa shape index (κ2) is 9.12. The highest BCUT2D eigenvalue weighted by Gasteiger charge is 2.51. The summed E-state index contributed by atoms with van der Waals surface area (Å²) < 4.78 is 13.5. The molecule has 7 heteroatoms. The van der Waals surface area contributed by atoms with Gasteiger partial charge in [0, 0.05) is 5.20 Å². The monoisotopic (exact) mass is 404 g/mol. The lowest BCUT2D eigenvalue weighted by Crippen LogP contribution is -2.59. The van der Waals surface area contributed by atoms with Crippen LogP contribution in [0.2, 0.25) is 42.8 Å². The molecule has 0 aliphatic carbocycles. The van der Waals surface area contributed by atoms with Gasteiger partial charge in [0.25, 0.3) is 0 Å². The van der Waals surface area contributed by atoms with Crippen molar-refractivity contribution in [1.82, 2.24) is 0 Å². The highest BCUT2D eigenvalue weighted by atomic mass is 28.5. The van der Waals surface area contributed by atoms with Crippen LogP contribution in [-0.4, -0.2) is 36.3 Å². The van der Waals surface area contributed by atoms with Gasteiger partial charge in [-0.1, -0.05) is 54.5 Å². The molecule has 4 nitrogen and oxygen atoms in total. The van der Waals surface area contributed by atoms with Crippen LogP contribution in [0, 0.1) is 0 Å². The first-order valence-corrected chi connectivity index (χ1v) is 17.3. The van der Waals surface area contributed by atoms with Crippen molar-refractivity contribution in [3.8, 4) is 0 Å². The summed E-state index contributed by atoms with van der Waals surface area (Å²) >= 11 is 0. The van der Waals surface area contributed by atoms with E-state index in [4.69, 9.17) is 8.23 Å². The van der Waals surface area contributed by atoms with Crippen molar-refractivity contribution in [2.24, 2.45) is 0 Å². The highest BCUT2D eigenvalue weighted by Crippen LogP contribution is 2.44. The van der Waals surface area contributed by atoms with Crippen LogP contribution in [0.5, 0.6) is 0 Å². The van der Waals surface area contributed by atoms with Gasteiger partial charge in [-0.25, -0.2) is 4.79 Å². The van der Waals surface area contributed by atoms with E-state index in [2.05, 4.69) is 54.6 Å². The minimum atomic E-state index is -2.54. The zero-order valence-electron chi connectivity index (χ0n) is 18.2. The van der Waals surface area contributed by atoms with E-state index in [0.29, 0.717) is 28.2 Å². The molecule has 0 aromatic rings. The lowest BCUT2D eigenvalue weighted by atomic mass is 10.4. The lowest BCUT2D eigenvalue weighted by molar-refractivity contribution is -0.132. The summed E-state index contributed by atoms with van der Waals surface area (Å²) in [5.41, 5.74) is 1.45. The number of carbonyl (C=O) groups is 1. The van der Waals surface area contributed by atoms with Crippen molar-refractivity contribution >= 4 is 31.2 Å². The number of hydrogen-bond acceptors (Lipinski definition) is 3. The number of allylic oxidation sites excluding steroid dienone is 1. The van der Waals surface area contributed by atoms with Crippen LogP contribution in [0.25, 0.3) is 0 Å². The van der Waals surface area contributed by atoms with Crippen LogP contribution < -0.4 is 0 Å². The van der Waals surface area contributed by atoms with Gasteiger partial charge >= 0.3 is 14.5 Å². The van der Waals surface area contributed by atoms with E-state index in [1.165, 1.54) is 0 Å². The lowest BCUT2D eigenvalue weighted by Gasteiger charge is -2.48. The molecule has 0 aromatic carbocycles. The van der Waals surface area contributed by atoms with E-state index < -0.39 is 31.2 Å². The van der Waals surface area contributed by atoms with Crippen molar-refractivity contribution in [2.75, 3.05) is 0 Å². The number of aliphatic carboxylic acids is 1. The number of rotatable bonds is 10. The van der Waals surface area contributed by atoms with E-state index in [-0.39, 0.29) is 0 Å². The quantitative estimate of drug-likeness (QED) is 0.355. The SMILES string of the molecule is CC/C=C(\C(=O)O)[Si](C)(C)O[Si](C)(C)O[Si](C(C)C)(C(C)C)C(C)C.